The predicted molar refractivity (Wildman–Crippen MR) is 120 cm³/mol. The summed E-state index contributed by atoms with van der Waals surface area (Å²) in [6.45, 7) is 1.45. The standard InChI is InChI=1S/C24H20FNO5S/c1-14-8-22(21(29-2)11-20(14)30-12-23(27)28)32-13-15-6-7-19-18(9-15)26-24(31-19)16-4-3-5-17(25)10-16/h3-11H,12-13H2,1-2H3,(H,27,28). The van der Waals surface area contributed by atoms with E-state index in [0.717, 1.165) is 16.0 Å². The van der Waals surface area contributed by atoms with E-state index in [1.165, 1.54) is 12.1 Å². The van der Waals surface area contributed by atoms with Crippen LogP contribution >= 0.6 is 11.8 Å². The summed E-state index contributed by atoms with van der Waals surface area (Å²) >= 11 is 1.58. The van der Waals surface area contributed by atoms with E-state index in [9.17, 15) is 9.18 Å². The van der Waals surface area contributed by atoms with Crippen molar-refractivity contribution >= 4 is 28.8 Å². The van der Waals surface area contributed by atoms with Gasteiger partial charge in [0.05, 0.1) is 12.0 Å². The van der Waals surface area contributed by atoms with E-state index in [2.05, 4.69) is 4.98 Å². The van der Waals surface area contributed by atoms with Crippen LogP contribution in [-0.4, -0.2) is 29.8 Å². The first-order chi connectivity index (χ1) is 15.4. The number of ether oxygens (including phenoxy) is 2. The molecular formula is C24H20FNO5S. The van der Waals surface area contributed by atoms with Crippen LogP contribution in [0.15, 0.2) is 63.9 Å². The van der Waals surface area contributed by atoms with Crippen molar-refractivity contribution in [1.29, 1.82) is 0 Å². The minimum atomic E-state index is -1.04. The van der Waals surface area contributed by atoms with Gasteiger partial charge in [-0.2, -0.15) is 0 Å². The van der Waals surface area contributed by atoms with Gasteiger partial charge in [0.2, 0.25) is 5.89 Å². The van der Waals surface area contributed by atoms with Crippen LogP contribution in [0, 0.1) is 12.7 Å². The quantitative estimate of drug-likeness (QED) is 0.342. The Balaban J connectivity index is 1.52. The number of fused-ring (bicyclic) bond motifs is 1. The second-order valence-corrected chi connectivity index (χ2v) is 8.09. The Morgan fingerprint density at radius 1 is 1.16 bits per heavy atom. The first kappa shape index (κ1) is 21.7. The fourth-order valence-electron chi connectivity index (χ4n) is 3.18. The molecule has 0 aliphatic rings. The fourth-order valence-corrected chi connectivity index (χ4v) is 4.23. The highest BCUT2D eigenvalue weighted by Gasteiger charge is 2.13. The number of methoxy groups -OCH3 is 1. The van der Waals surface area contributed by atoms with Gasteiger partial charge >= 0.3 is 5.97 Å². The molecule has 8 heteroatoms. The molecule has 0 fully saturated rings. The molecule has 0 bridgehead atoms. The molecule has 0 aliphatic carbocycles. The molecule has 1 N–H and O–H groups in total. The lowest BCUT2D eigenvalue weighted by molar-refractivity contribution is -0.139. The maximum absolute atomic E-state index is 13.5. The van der Waals surface area contributed by atoms with Gasteiger partial charge in [-0.3, -0.25) is 0 Å². The number of thioether (sulfide) groups is 1. The third-order valence-corrected chi connectivity index (χ3v) is 5.84. The van der Waals surface area contributed by atoms with E-state index < -0.39 is 12.6 Å². The largest absolute Gasteiger partial charge is 0.495 e. The van der Waals surface area contributed by atoms with Crippen molar-refractivity contribution in [1.82, 2.24) is 4.98 Å². The highest BCUT2D eigenvalue weighted by molar-refractivity contribution is 7.98. The Morgan fingerprint density at radius 2 is 2.00 bits per heavy atom. The number of hydrogen-bond donors (Lipinski definition) is 1. The molecule has 3 aromatic carbocycles. The second kappa shape index (κ2) is 9.32. The van der Waals surface area contributed by atoms with Crippen LogP contribution in [0.25, 0.3) is 22.6 Å². The van der Waals surface area contributed by atoms with Crippen LogP contribution in [0.3, 0.4) is 0 Å². The summed E-state index contributed by atoms with van der Waals surface area (Å²) in [4.78, 5) is 16.2. The Labute approximate surface area is 188 Å². The van der Waals surface area contributed by atoms with Gasteiger partial charge in [-0.25, -0.2) is 14.2 Å². The van der Waals surface area contributed by atoms with Crippen molar-refractivity contribution in [3.8, 4) is 23.0 Å². The zero-order valence-electron chi connectivity index (χ0n) is 17.4. The average molecular weight is 453 g/mol. The van der Waals surface area contributed by atoms with E-state index in [4.69, 9.17) is 19.0 Å². The van der Waals surface area contributed by atoms with E-state index >= 15 is 0 Å². The lowest BCUT2D eigenvalue weighted by Crippen LogP contribution is -2.10. The molecule has 0 saturated carbocycles. The second-order valence-electron chi connectivity index (χ2n) is 7.07. The first-order valence-corrected chi connectivity index (χ1v) is 10.7. The highest BCUT2D eigenvalue weighted by Crippen LogP contribution is 2.37. The molecule has 0 unspecified atom stereocenters. The van der Waals surface area contributed by atoms with Crippen LogP contribution in [0.5, 0.6) is 11.5 Å². The van der Waals surface area contributed by atoms with Gasteiger partial charge in [0.15, 0.2) is 12.2 Å². The summed E-state index contributed by atoms with van der Waals surface area (Å²) in [5, 5.41) is 8.82. The minimum Gasteiger partial charge on any atom is -0.495 e. The van der Waals surface area contributed by atoms with Gasteiger partial charge in [0.1, 0.15) is 22.8 Å². The van der Waals surface area contributed by atoms with Gasteiger partial charge in [-0.1, -0.05) is 12.1 Å². The van der Waals surface area contributed by atoms with Gasteiger partial charge in [-0.05, 0) is 54.4 Å². The van der Waals surface area contributed by atoms with Crippen molar-refractivity contribution in [2.24, 2.45) is 0 Å². The minimum absolute atomic E-state index is 0.342. The summed E-state index contributed by atoms with van der Waals surface area (Å²) in [5.41, 5.74) is 3.77. The Hall–Kier alpha value is -3.52. The fraction of sp³-hybridized carbons (Fsp3) is 0.167. The smallest absolute Gasteiger partial charge is 0.341 e. The maximum atomic E-state index is 13.5. The highest BCUT2D eigenvalue weighted by atomic mass is 32.2. The summed E-state index contributed by atoms with van der Waals surface area (Å²) in [6.07, 6.45) is 0. The Kier molecular flexibility index (Phi) is 6.32. The van der Waals surface area contributed by atoms with Crippen LogP contribution in [0.4, 0.5) is 4.39 Å². The predicted octanol–water partition coefficient (Wildman–Crippen LogP) is 5.71. The zero-order chi connectivity index (χ0) is 22.7. The number of benzene rings is 3. The Bertz CT molecular complexity index is 1290. The van der Waals surface area contributed by atoms with Crippen molar-refractivity contribution < 1.29 is 28.2 Å². The third kappa shape index (κ3) is 4.86. The van der Waals surface area contributed by atoms with Gasteiger partial charge in [-0.15, -0.1) is 11.8 Å². The van der Waals surface area contributed by atoms with E-state index in [1.807, 2.05) is 31.2 Å². The molecule has 4 aromatic rings. The number of carboxylic acid groups (broad SMARTS) is 1. The SMILES string of the molecule is COc1cc(OCC(=O)O)c(C)cc1SCc1ccc2oc(-c3cccc(F)c3)nc2c1. The number of aliphatic carboxylic acids is 1. The van der Waals surface area contributed by atoms with E-state index in [0.29, 0.717) is 39.8 Å². The molecule has 0 saturated heterocycles. The number of carbonyl (C=O) groups is 1. The van der Waals surface area contributed by atoms with Crippen molar-refractivity contribution in [2.45, 2.75) is 17.6 Å². The molecular weight excluding hydrogens is 433 g/mol. The van der Waals surface area contributed by atoms with Crippen molar-refractivity contribution in [2.75, 3.05) is 13.7 Å². The maximum Gasteiger partial charge on any atom is 0.341 e. The van der Waals surface area contributed by atoms with Crippen LogP contribution < -0.4 is 9.47 Å². The third-order valence-electron chi connectivity index (χ3n) is 4.73. The number of carboxylic acids is 1. The molecule has 164 valence electrons. The van der Waals surface area contributed by atoms with Crippen LogP contribution in [0.1, 0.15) is 11.1 Å². The summed E-state index contributed by atoms with van der Waals surface area (Å²) in [7, 11) is 1.56. The molecule has 0 aliphatic heterocycles. The lowest BCUT2D eigenvalue weighted by Gasteiger charge is -2.13. The van der Waals surface area contributed by atoms with Crippen LogP contribution in [-0.2, 0) is 10.5 Å². The molecule has 0 amide bonds. The molecule has 32 heavy (non-hydrogen) atoms. The van der Waals surface area contributed by atoms with Gasteiger partial charge in [0.25, 0.3) is 0 Å². The zero-order valence-corrected chi connectivity index (χ0v) is 18.2. The van der Waals surface area contributed by atoms with Gasteiger partial charge < -0.3 is 19.0 Å². The molecule has 4 rings (SSSR count). The summed E-state index contributed by atoms with van der Waals surface area (Å²) in [6, 6.07) is 15.5. The lowest BCUT2D eigenvalue weighted by atomic mass is 10.2. The molecule has 0 atom stereocenters. The molecule has 1 aromatic heterocycles. The average Bonchev–Trinajstić information content (AvgIpc) is 3.20. The number of oxazole rings is 1. The van der Waals surface area contributed by atoms with Crippen molar-refractivity contribution in [3.63, 3.8) is 0 Å². The normalized spacial score (nSPS) is 11.0. The topological polar surface area (TPSA) is 81.8 Å². The summed E-state index contributed by atoms with van der Waals surface area (Å²) in [5.74, 6) is 0.734. The van der Waals surface area contributed by atoms with Crippen molar-refractivity contribution in [3.05, 3.63) is 71.5 Å². The monoisotopic (exact) mass is 453 g/mol. The number of aromatic nitrogens is 1. The van der Waals surface area contributed by atoms with E-state index in [-0.39, 0.29) is 5.82 Å². The number of aryl methyl sites for hydroxylation is 1. The molecule has 6 nitrogen and oxygen atoms in total. The number of nitrogens with zero attached hydrogens (tertiary/aromatic N) is 1. The van der Waals surface area contributed by atoms with Gasteiger partial charge in [0, 0.05) is 17.4 Å². The Morgan fingerprint density at radius 3 is 2.75 bits per heavy atom. The number of rotatable bonds is 8. The summed E-state index contributed by atoms with van der Waals surface area (Å²) < 4.78 is 30.1. The first-order valence-electron chi connectivity index (χ1n) is 9.74. The molecule has 1 heterocycles. The molecule has 0 spiro atoms. The van der Waals surface area contributed by atoms with Crippen LogP contribution in [0.2, 0.25) is 0 Å². The molecule has 0 radical (unpaired) electrons. The van der Waals surface area contributed by atoms with E-state index in [1.54, 1.807) is 37.1 Å². The number of halogens is 1. The number of hydrogen-bond acceptors (Lipinski definition) is 6.